The van der Waals surface area contributed by atoms with E-state index in [0.29, 0.717) is 12.4 Å². The lowest BCUT2D eigenvalue weighted by Gasteiger charge is -2.16. The van der Waals surface area contributed by atoms with Gasteiger partial charge in [0, 0.05) is 25.1 Å². The van der Waals surface area contributed by atoms with Crippen LogP contribution < -0.4 is 10.1 Å². The molecule has 3 rings (SSSR count). The van der Waals surface area contributed by atoms with Crippen LogP contribution in [0.5, 0.6) is 5.75 Å². The maximum Gasteiger partial charge on any atom is 0.188 e. The molecule has 5 nitrogen and oxygen atoms in total. The number of methoxy groups -OCH3 is 1. The summed E-state index contributed by atoms with van der Waals surface area (Å²) in [6, 6.07) is 12.2. The molecular weight excluding hydrogens is 370 g/mol. The molecule has 0 spiro atoms. The third kappa shape index (κ3) is 5.78. The number of ether oxygens (including phenoxy) is 2. The van der Waals surface area contributed by atoms with E-state index in [9.17, 15) is 0 Å². The van der Waals surface area contributed by atoms with Gasteiger partial charge >= 0.3 is 0 Å². The van der Waals surface area contributed by atoms with Crippen LogP contribution in [0.25, 0.3) is 0 Å². The number of hydrogen-bond donors (Lipinski definition) is 1. The SMILES string of the molecule is CCCC(Cc1cnc(Nc2nc(C)cs2)c(OCc2ccccc2)c1)OC. The van der Waals surface area contributed by atoms with E-state index in [4.69, 9.17) is 9.47 Å². The van der Waals surface area contributed by atoms with Crippen molar-refractivity contribution in [2.24, 2.45) is 0 Å². The second kappa shape index (κ2) is 10.2. The molecule has 0 bridgehead atoms. The second-order valence-electron chi connectivity index (χ2n) is 6.73. The van der Waals surface area contributed by atoms with Gasteiger partial charge in [-0.3, -0.25) is 0 Å². The van der Waals surface area contributed by atoms with E-state index in [2.05, 4.69) is 40.4 Å². The number of aromatic nitrogens is 2. The quantitative estimate of drug-likeness (QED) is 0.488. The van der Waals surface area contributed by atoms with Gasteiger partial charge in [-0.1, -0.05) is 43.7 Å². The lowest BCUT2D eigenvalue weighted by Crippen LogP contribution is -2.14. The number of hydrogen-bond acceptors (Lipinski definition) is 6. The molecule has 0 aliphatic rings. The van der Waals surface area contributed by atoms with Gasteiger partial charge < -0.3 is 14.8 Å². The van der Waals surface area contributed by atoms with E-state index in [1.54, 1.807) is 18.4 Å². The molecule has 0 amide bonds. The fourth-order valence-electron chi connectivity index (χ4n) is 2.94. The minimum atomic E-state index is 0.189. The van der Waals surface area contributed by atoms with Gasteiger partial charge in [-0.05, 0) is 30.5 Å². The summed E-state index contributed by atoms with van der Waals surface area (Å²) in [5, 5.41) is 6.11. The third-order valence-electron chi connectivity index (χ3n) is 4.40. The molecule has 6 heteroatoms. The molecule has 3 aromatic rings. The highest BCUT2D eigenvalue weighted by molar-refractivity contribution is 7.13. The van der Waals surface area contributed by atoms with Crippen molar-refractivity contribution in [1.82, 2.24) is 9.97 Å². The monoisotopic (exact) mass is 397 g/mol. The van der Waals surface area contributed by atoms with Crippen LogP contribution in [0.4, 0.5) is 10.9 Å². The molecule has 1 unspecified atom stereocenters. The van der Waals surface area contributed by atoms with Crippen LogP contribution in [0, 0.1) is 6.92 Å². The van der Waals surface area contributed by atoms with Crippen LogP contribution in [-0.2, 0) is 17.8 Å². The summed E-state index contributed by atoms with van der Waals surface area (Å²) in [5.74, 6) is 1.40. The van der Waals surface area contributed by atoms with Crippen molar-refractivity contribution in [3.63, 3.8) is 0 Å². The van der Waals surface area contributed by atoms with E-state index in [0.717, 1.165) is 47.0 Å². The third-order valence-corrected chi connectivity index (χ3v) is 5.27. The molecular formula is C22H27N3O2S. The van der Waals surface area contributed by atoms with E-state index in [1.807, 2.05) is 36.7 Å². The summed E-state index contributed by atoms with van der Waals surface area (Å²) in [4.78, 5) is 9.08. The first kappa shape index (κ1) is 20.3. The fourth-order valence-corrected chi connectivity index (χ4v) is 3.62. The van der Waals surface area contributed by atoms with Crippen molar-refractivity contribution in [2.45, 2.75) is 45.8 Å². The summed E-state index contributed by atoms with van der Waals surface area (Å²) >= 11 is 1.55. The van der Waals surface area contributed by atoms with Gasteiger partial charge in [0.2, 0.25) is 0 Å². The Bertz CT molecular complexity index is 867. The Morgan fingerprint density at radius 2 is 2.00 bits per heavy atom. The van der Waals surface area contributed by atoms with Gasteiger partial charge in [0.15, 0.2) is 16.7 Å². The van der Waals surface area contributed by atoms with Crippen LogP contribution in [0.3, 0.4) is 0 Å². The number of anilines is 2. The molecule has 2 heterocycles. The minimum Gasteiger partial charge on any atom is -0.485 e. The molecule has 28 heavy (non-hydrogen) atoms. The van der Waals surface area contributed by atoms with Crippen LogP contribution >= 0.6 is 11.3 Å². The molecule has 0 aliphatic carbocycles. The lowest BCUT2D eigenvalue weighted by molar-refractivity contribution is 0.0948. The number of rotatable bonds is 10. The van der Waals surface area contributed by atoms with Crippen molar-refractivity contribution >= 4 is 22.3 Å². The summed E-state index contributed by atoms with van der Waals surface area (Å²) in [6.07, 6.45) is 5.01. The van der Waals surface area contributed by atoms with Crippen LogP contribution in [-0.4, -0.2) is 23.2 Å². The Hall–Kier alpha value is -2.44. The molecule has 0 saturated heterocycles. The molecule has 1 aromatic carbocycles. The minimum absolute atomic E-state index is 0.189. The van der Waals surface area contributed by atoms with Gasteiger partial charge in [0.1, 0.15) is 6.61 Å². The average Bonchev–Trinajstić information content (AvgIpc) is 3.13. The van der Waals surface area contributed by atoms with E-state index < -0.39 is 0 Å². The fraction of sp³-hybridized carbons (Fsp3) is 0.364. The van der Waals surface area contributed by atoms with Gasteiger partial charge in [-0.2, -0.15) is 0 Å². The Labute approximate surface area is 170 Å². The van der Waals surface area contributed by atoms with Gasteiger partial charge in [-0.25, -0.2) is 9.97 Å². The van der Waals surface area contributed by atoms with Gasteiger partial charge in [0.25, 0.3) is 0 Å². The van der Waals surface area contributed by atoms with E-state index >= 15 is 0 Å². The summed E-state index contributed by atoms with van der Waals surface area (Å²) in [7, 11) is 1.77. The van der Waals surface area contributed by atoms with Crippen LogP contribution in [0.2, 0.25) is 0 Å². The van der Waals surface area contributed by atoms with Crippen LogP contribution in [0.15, 0.2) is 48.0 Å². The van der Waals surface area contributed by atoms with Gasteiger partial charge in [0.05, 0.1) is 11.8 Å². The maximum atomic E-state index is 6.13. The largest absolute Gasteiger partial charge is 0.485 e. The van der Waals surface area contributed by atoms with E-state index in [1.165, 1.54) is 0 Å². The summed E-state index contributed by atoms with van der Waals surface area (Å²) in [6.45, 7) is 4.63. The Kier molecular flexibility index (Phi) is 7.39. The zero-order chi connectivity index (χ0) is 19.8. The number of benzene rings is 1. The normalized spacial score (nSPS) is 12.0. The highest BCUT2D eigenvalue weighted by Gasteiger charge is 2.13. The molecule has 2 aromatic heterocycles. The van der Waals surface area contributed by atoms with Gasteiger partial charge in [-0.15, -0.1) is 11.3 Å². The highest BCUT2D eigenvalue weighted by atomic mass is 32.1. The average molecular weight is 398 g/mol. The number of pyridine rings is 1. The molecule has 0 fully saturated rings. The van der Waals surface area contributed by atoms with Crippen molar-refractivity contribution in [2.75, 3.05) is 12.4 Å². The second-order valence-corrected chi connectivity index (χ2v) is 7.59. The summed E-state index contributed by atoms with van der Waals surface area (Å²) in [5.41, 5.74) is 3.20. The Morgan fingerprint density at radius 3 is 2.68 bits per heavy atom. The first-order valence-corrected chi connectivity index (χ1v) is 10.4. The first-order valence-electron chi connectivity index (χ1n) is 9.55. The lowest BCUT2D eigenvalue weighted by atomic mass is 10.1. The molecule has 148 valence electrons. The predicted molar refractivity (Wildman–Crippen MR) is 115 cm³/mol. The predicted octanol–water partition coefficient (Wildman–Crippen LogP) is 5.53. The Balaban J connectivity index is 1.80. The van der Waals surface area contributed by atoms with Crippen molar-refractivity contribution in [3.8, 4) is 5.75 Å². The standard InChI is InChI=1S/C22H27N3O2S/c1-4-8-19(26-3)11-18-12-20(27-14-17-9-6-5-7-10-17)21(23-13-18)25-22-24-16(2)15-28-22/h5-7,9-10,12-13,15,19H,4,8,11,14H2,1-3H3,(H,23,24,25). The van der Waals surface area contributed by atoms with E-state index in [-0.39, 0.29) is 6.10 Å². The van der Waals surface area contributed by atoms with Crippen molar-refractivity contribution < 1.29 is 9.47 Å². The Morgan fingerprint density at radius 1 is 1.18 bits per heavy atom. The van der Waals surface area contributed by atoms with Crippen molar-refractivity contribution in [1.29, 1.82) is 0 Å². The topological polar surface area (TPSA) is 56.3 Å². The molecule has 0 radical (unpaired) electrons. The molecule has 0 saturated carbocycles. The summed E-state index contributed by atoms with van der Waals surface area (Å²) < 4.78 is 11.7. The van der Waals surface area contributed by atoms with Crippen molar-refractivity contribution in [3.05, 3.63) is 64.8 Å². The molecule has 1 N–H and O–H groups in total. The zero-order valence-electron chi connectivity index (χ0n) is 16.6. The highest BCUT2D eigenvalue weighted by Crippen LogP contribution is 2.29. The number of nitrogens with zero attached hydrogens (tertiary/aromatic N) is 2. The molecule has 0 aliphatic heterocycles. The zero-order valence-corrected chi connectivity index (χ0v) is 17.5. The molecule has 1 atom stereocenters. The maximum absolute atomic E-state index is 6.13. The van der Waals surface area contributed by atoms with Crippen LogP contribution in [0.1, 0.15) is 36.6 Å². The number of thiazole rings is 1. The number of aryl methyl sites for hydroxylation is 1. The smallest absolute Gasteiger partial charge is 0.188 e. The first-order chi connectivity index (χ1) is 13.7. The number of nitrogens with one attached hydrogen (secondary N) is 1.